The van der Waals surface area contributed by atoms with Gasteiger partial charge in [0, 0.05) is 5.41 Å². The quantitative estimate of drug-likeness (QED) is 0.631. The Balaban J connectivity index is 2.32. The van der Waals surface area contributed by atoms with Crippen molar-refractivity contribution in [2.24, 2.45) is 5.92 Å². The minimum atomic E-state index is 0.146. The average molecular weight is 226 g/mol. The number of hydrogen-bond acceptors (Lipinski definition) is 0. The molecule has 0 spiro atoms. The molecule has 0 saturated heterocycles. The lowest BCUT2D eigenvalue weighted by Gasteiger charge is -2.32. The van der Waals surface area contributed by atoms with Crippen LogP contribution in [0.4, 0.5) is 0 Å². The molecule has 1 aromatic rings. The van der Waals surface area contributed by atoms with Gasteiger partial charge in [-0.05, 0) is 24.8 Å². The third kappa shape index (κ3) is 2.36. The first-order valence-electron chi connectivity index (χ1n) is 6.45. The summed E-state index contributed by atoms with van der Waals surface area (Å²) in [5.41, 5.74) is 4.60. The summed E-state index contributed by atoms with van der Waals surface area (Å²) in [7, 11) is 0. The van der Waals surface area contributed by atoms with Crippen molar-refractivity contribution >= 4 is 0 Å². The molecule has 1 aliphatic carbocycles. The lowest BCUT2D eigenvalue weighted by molar-refractivity contribution is 0.591. The molecule has 1 unspecified atom stereocenters. The molecule has 17 heavy (non-hydrogen) atoms. The van der Waals surface area contributed by atoms with Crippen LogP contribution in [0.3, 0.4) is 0 Å². The van der Waals surface area contributed by atoms with Gasteiger partial charge in [-0.15, -0.1) is 0 Å². The van der Waals surface area contributed by atoms with Gasteiger partial charge in [0.1, 0.15) is 0 Å². The van der Waals surface area contributed by atoms with Crippen LogP contribution >= 0.6 is 0 Å². The van der Waals surface area contributed by atoms with Crippen LogP contribution in [0.5, 0.6) is 0 Å². The van der Waals surface area contributed by atoms with Crippen molar-refractivity contribution in [3.05, 3.63) is 59.2 Å². The van der Waals surface area contributed by atoms with E-state index in [-0.39, 0.29) is 5.41 Å². The van der Waals surface area contributed by atoms with E-state index < -0.39 is 0 Å². The SMILES string of the molecule is CC1=CCC(C(C)(C)c2ccccc2)=CC1C. The van der Waals surface area contributed by atoms with Crippen LogP contribution in [0, 0.1) is 5.92 Å². The molecule has 2 rings (SSSR count). The van der Waals surface area contributed by atoms with Crippen LogP contribution in [0.2, 0.25) is 0 Å². The largest absolute Gasteiger partial charge is 0.0809 e. The number of benzene rings is 1. The summed E-state index contributed by atoms with van der Waals surface area (Å²) in [5, 5.41) is 0. The molecule has 0 heteroatoms. The average Bonchev–Trinajstić information content (AvgIpc) is 2.33. The molecule has 0 radical (unpaired) electrons. The zero-order valence-corrected chi connectivity index (χ0v) is 11.3. The van der Waals surface area contributed by atoms with E-state index in [0.717, 1.165) is 6.42 Å². The Kier molecular flexibility index (Phi) is 3.24. The summed E-state index contributed by atoms with van der Waals surface area (Å²) in [4.78, 5) is 0. The molecule has 0 nitrogen and oxygen atoms in total. The van der Waals surface area contributed by atoms with Crippen molar-refractivity contribution in [1.82, 2.24) is 0 Å². The number of hydrogen-bond donors (Lipinski definition) is 0. The first-order valence-corrected chi connectivity index (χ1v) is 6.45. The van der Waals surface area contributed by atoms with Crippen LogP contribution < -0.4 is 0 Å². The molecule has 0 amide bonds. The molecular formula is C17H22. The van der Waals surface area contributed by atoms with E-state index in [2.05, 4.69) is 70.2 Å². The van der Waals surface area contributed by atoms with E-state index in [1.54, 1.807) is 5.57 Å². The molecule has 0 aliphatic heterocycles. The fourth-order valence-electron chi connectivity index (χ4n) is 2.46. The molecular weight excluding hydrogens is 204 g/mol. The van der Waals surface area contributed by atoms with Crippen LogP contribution in [0.15, 0.2) is 53.6 Å². The van der Waals surface area contributed by atoms with E-state index in [4.69, 9.17) is 0 Å². The minimum Gasteiger partial charge on any atom is -0.0809 e. The highest BCUT2D eigenvalue weighted by Crippen LogP contribution is 2.37. The first kappa shape index (κ1) is 12.2. The van der Waals surface area contributed by atoms with Gasteiger partial charge in [-0.1, -0.05) is 74.4 Å². The van der Waals surface area contributed by atoms with Crippen molar-refractivity contribution in [3.8, 4) is 0 Å². The maximum absolute atomic E-state index is 2.45. The fourth-order valence-corrected chi connectivity index (χ4v) is 2.46. The van der Waals surface area contributed by atoms with Crippen molar-refractivity contribution in [3.63, 3.8) is 0 Å². The summed E-state index contributed by atoms with van der Waals surface area (Å²) in [6.07, 6.45) is 5.92. The lowest BCUT2D eigenvalue weighted by Crippen LogP contribution is -2.22. The predicted octanol–water partition coefficient (Wildman–Crippen LogP) is 4.88. The van der Waals surface area contributed by atoms with Gasteiger partial charge in [-0.2, -0.15) is 0 Å². The molecule has 90 valence electrons. The molecule has 1 aliphatic rings. The summed E-state index contributed by atoms with van der Waals surface area (Å²) in [6, 6.07) is 10.8. The van der Waals surface area contributed by atoms with E-state index >= 15 is 0 Å². The maximum Gasteiger partial charge on any atom is 0.0108 e. The van der Waals surface area contributed by atoms with E-state index in [0.29, 0.717) is 5.92 Å². The molecule has 0 N–H and O–H groups in total. The Morgan fingerprint density at radius 2 is 1.76 bits per heavy atom. The Bertz CT molecular complexity index is 446. The van der Waals surface area contributed by atoms with E-state index in [1.165, 1.54) is 11.1 Å². The smallest absolute Gasteiger partial charge is 0.0108 e. The van der Waals surface area contributed by atoms with Gasteiger partial charge in [0.05, 0.1) is 0 Å². The molecule has 0 aromatic heterocycles. The van der Waals surface area contributed by atoms with Crippen molar-refractivity contribution < 1.29 is 0 Å². The second-order valence-electron chi connectivity index (χ2n) is 5.62. The second kappa shape index (κ2) is 4.52. The van der Waals surface area contributed by atoms with Crippen LogP contribution in [-0.2, 0) is 5.41 Å². The van der Waals surface area contributed by atoms with Crippen LogP contribution in [0.1, 0.15) is 39.7 Å². The molecule has 0 bridgehead atoms. The Hall–Kier alpha value is -1.30. The number of allylic oxidation sites excluding steroid dienone is 4. The fraction of sp³-hybridized carbons (Fsp3) is 0.412. The van der Waals surface area contributed by atoms with Gasteiger partial charge in [0.2, 0.25) is 0 Å². The van der Waals surface area contributed by atoms with Crippen molar-refractivity contribution in [1.29, 1.82) is 0 Å². The molecule has 1 aromatic carbocycles. The Labute approximate surface area is 105 Å². The summed E-state index contributed by atoms with van der Waals surface area (Å²) < 4.78 is 0. The molecule has 0 saturated carbocycles. The summed E-state index contributed by atoms with van der Waals surface area (Å²) >= 11 is 0. The van der Waals surface area contributed by atoms with Gasteiger partial charge in [-0.25, -0.2) is 0 Å². The highest BCUT2D eigenvalue weighted by Gasteiger charge is 2.26. The normalized spacial score (nSPS) is 20.8. The summed E-state index contributed by atoms with van der Waals surface area (Å²) in [5.74, 6) is 0.585. The molecule has 0 fully saturated rings. The lowest BCUT2D eigenvalue weighted by atomic mass is 9.73. The minimum absolute atomic E-state index is 0.146. The monoisotopic (exact) mass is 226 g/mol. The van der Waals surface area contributed by atoms with Crippen molar-refractivity contribution in [2.75, 3.05) is 0 Å². The van der Waals surface area contributed by atoms with E-state index in [1.807, 2.05) is 0 Å². The standard InChI is InChI=1S/C17H22/c1-13-10-11-16(12-14(13)2)17(3,4)15-8-6-5-7-9-15/h5-10,12,14H,11H2,1-4H3. The zero-order chi connectivity index (χ0) is 12.5. The topological polar surface area (TPSA) is 0 Å². The summed E-state index contributed by atoms with van der Waals surface area (Å²) in [6.45, 7) is 9.17. The molecule has 1 atom stereocenters. The third-order valence-corrected chi connectivity index (χ3v) is 4.11. The van der Waals surface area contributed by atoms with Crippen LogP contribution in [-0.4, -0.2) is 0 Å². The Morgan fingerprint density at radius 3 is 2.35 bits per heavy atom. The predicted molar refractivity (Wildman–Crippen MR) is 75.1 cm³/mol. The highest BCUT2D eigenvalue weighted by atomic mass is 14.3. The van der Waals surface area contributed by atoms with Crippen LogP contribution in [0.25, 0.3) is 0 Å². The first-order chi connectivity index (χ1) is 8.01. The maximum atomic E-state index is 2.45. The van der Waals surface area contributed by atoms with E-state index in [9.17, 15) is 0 Å². The van der Waals surface area contributed by atoms with Crippen molar-refractivity contribution in [2.45, 2.75) is 39.5 Å². The van der Waals surface area contributed by atoms with Gasteiger partial charge < -0.3 is 0 Å². The zero-order valence-electron chi connectivity index (χ0n) is 11.3. The van der Waals surface area contributed by atoms with Gasteiger partial charge in [-0.3, -0.25) is 0 Å². The highest BCUT2D eigenvalue weighted by molar-refractivity contribution is 5.38. The van der Waals surface area contributed by atoms with Gasteiger partial charge >= 0.3 is 0 Å². The van der Waals surface area contributed by atoms with Gasteiger partial charge in [0.15, 0.2) is 0 Å². The van der Waals surface area contributed by atoms with Gasteiger partial charge in [0.25, 0.3) is 0 Å². The molecule has 0 heterocycles. The second-order valence-corrected chi connectivity index (χ2v) is 5.62. The number of rotatable bonds is 2. The third-order valence-electron chi connectivity index (χ3n) is 4.11. The Morgan fingerprint density at radius 1 is 1.12 bits per heavy atom.